The fourth-order valence-corrected chi connectivity index (χ4v) is 1.79. The van der Waals surface area contributed by atoms with Crippen molar-refractivity contribution in [2.45, 2.75) is 12.8 Å². The number of aromatic nitrogens is 1. The van der Waals surface area contributed by atoms with E-state index in [9.17, 15) is 9.59 Å². The summed E-state index contributed by atoms with van der Waals surface area (Å²) in [5.74, 6) is -0.639. The minimum Gasteiger partial charge on any atom is -0.480 e. The fourth-order valence-electron chi connectivity index (χ4n) is 1.79. The average Bonchev–Trinajstić information content (AvgIpc) is 2.74. The summed E-state index contributed by atoms with van der Waals surface area (Å²) in [7, 11) is 1.35. The first kappa shape index (κ1) is 11.4. The zero-order chi connectivity index (χ0) is 12.4. The monoisotopic (exact) mass is 236 g/mol. The number of carbonyl (C=O) groups is 2. The van der Waals surface area contributed by atoms with Gasteiger partial charge in [-0.05, 0) is 18.6 Å². The standard InChI is InChI=1S/C11H12N2O4/c1-17-10-7(11(15)16)4-5-8(12-10)13-6-2-3-9(13)14/h4-5H,2-3,6H2,1H3,(H,15,16). The van der Waals surface area contributed by atoms with E-state index in [0.29, 0.717) is 18.8 Å². The minimum atomic E-state index is -1.10. The number of nitrogens with zero attached hydrogens (tertiary/aromatic N) is 2. The molecule has 0 aliphatic carbocycles. The number of amides is 1. The lowest BCUT2D eigenvalue weighted by Crippen LogP contribution is -2.25. The molecule has 2 heterocycles. The SMILES string of the molecule is COc1nc(N2CCCC2=O)ccc1C(=O)O. The molecule has 17 heavy (non-hydrogen) atoms. The number of carbonyl (C=O) groups excluding carboxylic acids is 1. The van der Waals surface area contributed by atoms with Crippen LogP contribution in [0.2, 0.25) is 0 Å². The molecule has 0 saturated carbocycles. The number of carboxylic acids is 1. The molecule has 1 saturated heterocycles. The van der Waals surface area contributed by atoms with Gasteiger partial charge in [0, 0.05) is 13.0 Å². The lowest BCUT2D eigenvalue weighted by molar-refractivity contribution is -0.117. The van der Waals surface area contributed by atoms with E-state index < -0.39 is 5.97 Å². The van der Waals surface area contributed by atoms with Crippen LogP contribution >= 0.6 is 0 Å². The molecule has 1 aliphatic heterocycles. The van der Waals surface area contributed by atoms with E-state index >= 15 is 0 Å². The van der Waals surface area contributed by atoms with E-state index in [1.54, 1.807) is 0 Å². The highest BCUT2D eigenvalue weighted by molar-refractivity contribution is 5.95. The van der Waals surface area contributed by atoms with Gasteiger partial charge in [0.25, 0.3) is 0 Å². The second-order valence-electron chi connectivity index (χ2n) is 3.68. The number of pyridine rings is 1. The highest BCUT2D eigenvalue weighted by Crippen LogP contribution is 2.24. The molecule has 6 heteroatoms. The summed E-state index contributed by atoms with van der Waals surface area (Å²) < 4.78 is 4.91. The molecule has 1 aliphatic rings. The van der Waals surface area contributed by atoms with Gasteiger partial charge < -0.3 is 9.84 Å². The van der Waals surface area contributed by atoms with E-state index in [1.807, 2.05) is 0 Å². The van der Waals surface area contributed by atoms with Crippen LogP contribution in [0.4, 0.5) is 5.82 Å². The number of ether oxygens (including phenoxy) is 1. The van der Waals surface area contributed by atoms with Crippen LogP contribution < -0.4 is 9.64 Å². The Morgan fingerprint density at radius 2 is 2.29 bits per heavy atom. The molecule has 0 atom stereocenters. The molecule has 1 aromatic heterocycles. The Morgan fingerprint density at radius 3 is 2.82 bits per heavy atom. The van der Waals surface area contributed by atoms with Crippen molar-refractivity contribution in [3.05, 3.63) is 17.7 Å². The van der Waals surface area contributed by atoms with Crippen LogP contribution in [0.25, 0.3) is 0 Å². The van der Waals surface area contributed by atoms with E-state index in [0.717, 1.165) is 6.42 Å². The Labute approximate surface area is 97.8 Å². The molecular weight excluding hydrogens is 224 g/mol. The van der Waals surface area contributed by atoms with Gasteiger partial charge in [0.2, 0.25) is 11.8 Å². The van der Waals surface area contributed by atoms with Crippen LogP contribution in [0.5, 0.6) is 5.88 Å². The third kappa shape index (κ3) is 2.06. The van der Waals surface area contributed by atoms with Crippen LogP contribution in [0.1, 0.15) is 23.2 Å². The number of anilines is 1. The van der Waals surface area contributed by atoms with Crippen LogP contribution in [0.3, 0.4) is 0 Å². The fraction of sp³-hybridized carbons (Fsp3) is 0.364. The molecule has 1 N–H and O–H groups in total. The topological polar surface area (TPSA) is 79.7 Å². The van der Waals surface area contributed by atoms with Crippen molar-refractivity contribution in [2.24, 2.45) is 0 Å². The van der Waals surface area contributed by atoms with Crippen LogP contribution in [-0.2, 0) is 4.79 Å². The molecular formula is C11H12N2O4. The lowest BCUT2D eigenvalue weighted by atomic mass is 10.2. The largest absolute Gasteiger partial charge is 0.480 e. The van der Waals surface area contributed by atoms with E-state index in [4.69, 9.17) is 9.84 Å². The molecule has 0 spiro atoms. The van der Waals surface area contributed by atoms with Gasteiger partial charge in [0.1, 0.15) is 11.4 Å². The first-order valence-corrected chi connectivity index (χ1v) is 5.22. The zero-order valence-electron chi connectivity index (χ0n) is 9.34. The Hall–Kier alpha value is -2.11. The molecule has 1 aromatic rings. The van der Waals surface area contributed by atoms with Crippen molar-refractivity contribution in [1.29, 1.82) is 0 Å². The summed E-state index contributed by atoms with van der Waals surface area (Å²) in [5.41, 5.74) is -0.0112. The normalized spacial score (nSPS) is 15.1. The van der Waals surface area contributed by atoms with Crippen molar-refractivity contribution in [3.63, 3.8) is 0 Å². The molecule has 1 fully saturated rings. The molecule has 0 bridgehead atoms. The van der Waals surface area contributed by atoms with Gasteiger partial charge in [0.15, 0.2) is 0 Å². The van der Waals surface area contributed by atoms with Crippen molar-refractivity contribution in [3.8, 4) is 5.88 Å². The first-order chi connectivity index (χ1) is 8.13. The van der Waals surface area contributed by atoms with E-state index in [-0.39, 0.29) is 17.4 Å². The van der Waals surface area contributed by atoms with Crippen LogP contribution in [0, 0.1) is 0 Å². The molecule has 0 radical (unpaired) electrons. The second-order valence-corrected chi connectivity index (χ2v) is 3.68. The maximum Gasteiger partial charge on any atom is 0.341 e. The maximum atomic E-state index is 11.5. The molecule has 90 valence electrons. The van der Waals surface area contributed by atoms with Crippen LogP contribution in [-0.4, -0.2) is 35.6 Å². The third-order valence-electron chi connectivity index (χ3n) is 2.62. The smallest absolute Gasteiger partial charge is 0.341 e. The van der Waals surface area contributed by atoms with Crippen molar-refractivity contribution in [2.75, 3.05) is 18.6 Å². The van der Waals surface area contributed by atoms with E-state index in [2.05, 4.69) is 4.98 Å². The second kappa shape index (κ2) is 4.40. The predicted molar refractivity (Wildman–Crippen MR) is 59.3 cm³/mol. The summed E-state index contributed by atoms with van der Waals surface area (Å²) >= 11 is 0. The van der Waals surface area contributed by atoms with Gasteiger partial charge in [-0.3, -0.25) is 9.69 Å². The lowest BCUT2D eigenvalue weighted by Gasteiger charge is -2.15. The Morgan fingerprint density at radius 1 is 1.53 bits per heavy atom. The highest BCUT2D eigenvalue weighted by atomic mass is 16.5. The van der Waals surface area contributed by atoms with Gasteiger partial charge in [-0.2, -0.15) is 4.98 Å². The predicted octanol–water partition coefficient (Wildman–Crippen LogP) is 0.915. The number of hydrogen-bond acceptors (Lipinski definition) is 4. The summed E-state index contributed by atoms with van der Waals surface area (Å²) in [6.45, 7) is 0.613. The molecule has 0 unspecified atom stereocenters. The number of hydrogen-bond donors (Lipinski definition) is 1. The molecule has 2 rings (SSSR count). The summed E-state index contributed by atoms with van der Waals surface area (Å²) in [6.07, 6.45) is 1.30. The number of aromatic carboxylic acids is 1. The summed E-state index contributed by atoms with van der Waals surface area (Å²) in [5, 5.41) is 8.90. The number of methoxy groups -OCH3 is 1. The summed E-state index contributed by atoms with van der Waals surface area (Å²) in [4.78, 5) is 28.0. The van der Waals surface area contributed by atoms with Gasteiger partial charge in [-0.1, -0.05) is 0 Å². The van der Waals surface area contributed by atoms with Crippen molar-refractivity contribution in [1.82, 2.24) is 4.98 Å². The Kier molecular flexibility index (Phi) is 2.95. The first-order valence-electron chi connectivity index (χ1n) is 5.22. The van der Waals surface area contributed by atoms with Gasteiger partial charge >= 0.3 is 5.97 Å². The summed E-state index contributed by atoms with van der Waals surface area (Å²) in [6, 6.07) is 2.92. The number of carboxylic acid groups (broad SMARTS) is 1. The third-order valence-corrected chi connectivity index (χ3v) is 2.62. The molecule has 6 nitrogen and oxygen atoms in total. The zero-order valence-corrected chi connectivity index (χ0v) is 9.34. The average molecular weight is 236 g/mol. The van der Waals surface area contributed by atoms with Gasteiger partial charge in [-0.15, -0.1) is 0 Å². The molecule has 1 amide bonds. The van der Waals surface area contributed by atoms with Crippen molar-refractivity contribution < 1.29 is 19.4 Å². The van der Waals surface area contributed by atoms with Gasteiger partial charge in [-0.25, -0.2) is 4.79 Å². The van der Waals surface area contributed by atoms with Crippen molar-refractivity contribution >= 4 is 17.7 Å². The maximum absolute atomic E-state index is 11.5. The number of rotatable bonds is 3. The highest BCUT2D eigenvalue weighted by Gasteiger charge is 2.24. The Balaban J connectivity index is 2.37. The quantitative estimate of drug-likeness (QED) is 0.843. The molecule has 0 aromatic carbocycles. The van der Waals surface area contributed by atoms with E-state index in [1.165, 1.54) is 24.1 Å². The van der Waals surface area contributed by atoms with Crippen LogP contribution in [0.15, 0.2) is 12.1 Å². The Bertz CT molecular complexity index is 473. The van der Waals surface area contributed by atoms with Gasteiger partial charge in [0.05, 0.1) is 7.11 Å². The minimum absolute atomic E-state index is 0.00243.